The van der Waals surface area contributed by atoms with Crippen LogP contribution in [0.5, 0.6) is 5.75 Å². The lowest BCUT2D eigenvalue weighted by molar-refractivity contribution is -0.0663. The van der Waals surface area contributed by atoms with Gasteiger partial charge in [-0.05, 0) is 51.8 Å². The van der Waals surface area contributed by atoms with E-state index in [0.29, 0.717) is 25.3 Å². The SMILES string of the molecule is CCO[C@@H]1[C@@H](OC(=O)OC(C)(C)C)CN[C@@H]1Cc1ccc(OCF)cc1. The zero-order valence-corrected chi connectivity index (χ0v) is 15.8. The Bertz CT molecular complexity index is 572. The van der Waals surface area contributed by atoms with Gasteiger partial charge < -0.3 is 24.3 Å². The average Bonchev–Trinajstić information content (AvgIpc) is 2.90. The minimum atomic E-state index is -0.848. The van der Waals surface area contributed by atoms with Crippen LogP contribution in [-0.2, 0) is 20.6 Å². The van der Waals surface area contributed by atoms with Crippen LogP contribution in [0.4, 0.5) is 9.18 Å². The first kappa shape index (κ1) is 20.5. The zero-order chi connectivity index (χ0) is 19.2. The summed E-state index contributed by atoms with van der Waals surface area (Å²) in [7, 11) is 0. The number of hydrogen-bond acceptors (Lipinski definition) is 6. The van der Waals surface area contributed by atoms with Crippen LogP contribution >= 0.6 is 0 Å². The number of carbonyl (C=O) groups excluding carboxylic acids is 1. The van der Waals surface area contributed by atoms with E-state index in [-0.39, 0.29) is 12.1 Å². The molecule has 0 bridgehead atoms. The summed E-state index contributed by atoms with van der Waals surface area (Å²) in [5.41, 5.74) is 0.448. The number of halogens is 1. The number of benzene rings is 1. The van der Waals surface area contributed by atoms with E-state index in [9.17, 15) is 9.18 Å². The van der Waals surface area contributed by atoms with Crippen LogP contribution < -0.4 is 10.1 Å². The summed E-state index contributed by atoms with van der Waals surface area (Å²) >= 11 is 0. The van der Waals surface area contributed by atoms with E-state index in [1.807, 2.05) is 19.1 Å². The highest BCUT2D eigenvalue weighted by Crippen LogP contribution is 2.22. The summed E-state index contributed by atoms with van der Waals surface area (Å²) in [6.45, 7) is 7.45. The molecule has 0 radical (unpaired) electrons. The molecule has 6 nitrogen and oxygen atoms in total. The number of ether oxygens (including phenoxy) is 4. The van der Waals surface area contributed by atoms with E-state index in [1.54, 1.807) is 32.9 Å². The fraction of sp³-hybridized carbons (Fsp3) is 0.632. The standard InChI is InChI=1S/C19H28FNO5/c1-5-23-17-15(10-13-6-8-14(9-7-13)24-12-20)21-11-16(17)25-18(22)26-19(2,3)4/h6-9,15-17,21H,5,10-12H2,1-4H3/t15-,16+,17+/m1/s1. The van der Waals surface area contributed by atoms with Crippen LogP contribution in [0.15, 0.2) is 24.3 Å². The molecule has 2 rings (SSSR count). The van der Waals surface area contributed by atoms with Gasteiger partial charge in [-0.25, -0.2) is 9.18 Å². The minimum Gasteiger partial charge on any atom is -0.463 e. The highest BCUT2D eigenvalue weighted by molar-refractivity contribution is 5.61. The van der Waals surface area contributed by atoms with Crippen LogP contribution in [0, 0.1) is 0 Å². The monoisotopic (exact) mass is 369 g/mol. The third-order valence-corrected chi connectivity index (χ3v) is 3.94. The summed E-state index contributed by atoms with van der Waals surface area (Å²) in [5, 5.41) is 3.35. The first-order valence-electron chi connectivity index (χ1n) is 8.84. The Morgan fingerprint density at radius 1 is 1.27 bits per heavy atom. The van der Waals surface area contributed by atoms with E-state index in [4.69, 9.17) is 18.9 Å². The van der Waals surface area contributed by atoms with Gasteiger partial charge in [-0.2, -0.15) is 0 Å². The Kier molecular flexibility index (Phi) is 7.23. The molecule has 3 atom stereocenters. The molecule has 1 saturated heterocycles. The van der Waals surface area contributed by atoms with Gasteiger partial charge in [-0.15, -0.1) is 0 Å². The minimum absolute atomic E-state index is 0.00432. The fourth-order valence-electron chi connectivity index (χ4n) is 2.91. The molecule has 0 aromatic heterocycles. The molecule has 1 aliphatic rings. The maximum absolute atomic E-state index is 12.2. The van der Waals surface area contributed by atoms with Crippen LogP contribution in [0.25, 0.3) is 0 Å². The molecule has 1 aromatic rings. The molecule has 1 N–H and O–H groups in total. The molecule has 1 fully saturated rings. The summed E-state index contributed by atoms with van der Waals surface area (Å²) in [6, 6.07) is 7.23. The van der Waals surface area contributed by atoms with Crippen LogP contribution in [-0.4, -0.2) is 50.0 Å². The van der Waals surface area contributed by atoms with Crippen LogP contribution in [0.2, 0.25) is 0 Å². The molecule has 0 spiro atoms. The van der Waals surface area contributed by atoms with Gasteiger partial charge in [0.1, 0.15) is 23.6 Å². The quantitative estimate of drug-likeness (QED) is 0.745. The van der Waals surface area contributed by atoms with Crippen molar-refractivity contribution >= 4 is 6.16 Å². The molecule has 0 amide bonds. The first-order chi connectivity index (χ1) is 12.3. The Balaban J connectivity index is 1.97. The first-order valence-corrected chi connectivity index (χ1v) is 8.84. The van der Waals surface area contributed by atoms with E-state index in [0.717, 1.165) is 5.56 Å². The van der Waals surface area contributed by atoms with Crippen molar-refractivity contribution in [2.45, 2.75) is 58.0 Å². The predicted molar refractivity (Wildman–Crippen MR) is 95.1 cm³/mol. The molecule has 1 aromatic carbocycles. The van der Waals surface area contributed by atoms with Crippen LogP contribution in [0.1, 0.15) is 33.3 Å². The lowest BCUT2D eigenvalue weighted by Gasteiger charge is -2.25. The lowest BCUT2D eigenvalue weighted by atomic mass is 10.0. The van der Waals surface area contributed by atoms with Crippen molar-refractivity contribution in [3.05, 3.63) is 29.8 Å². The number of carbonyl (C=O) groups is 1. The highest BCUT2D eigenvalue weighted by atomic mass is 19.1. The van der Waals surface area contributed by atoms with Gasteiger partial charge in [0.25, 0.3) is 0 Å². The van der Waals surface area contributed by atoms with Crippen molar-refractivity contribution in [1.29, 1.82) is 0 Å². The Morgan fingerprint density at radius 2 is 1.96 bits per heavy atom. The number of nitrogens with one attached hydrogen (secondary N) is 1. The normalized spacial score (nSPS) is 22.9. The molecule has 26 heavy (non-hydrogen) atoms. The van der Waals surface area contributed by atoms with E-state index in [2.05, 4.69) is 5.32 Å². The lowest BCUT2D eigenvalue weighted by Crippen LogP contribution is -2.39. The van der Waals surface area contributed by atoms with Crippen molar-refractivity contribution in [2.75, 3.05) is 20.0 Å². The van der Waals surface area contributed by atoms with Gasteiger partial charge in [0.2, 0.25) is 6.86 Å². The maximum atomic E-state index is 12.2. The van der Waals surface area contributed by atoms with Crippen molar-refractivity contribution in [3.63, 3.8) is 0 Å². The molecule has 7 heteroatoms. The number of alkyl halides is 1. The van der Waals surface area contributed by atoms with Gasteiger partial charge in [0.15, 0.2) is 0 Å². The van der Waals surface area contributed by atoms with Gasteiger partial charge in [0.05, 0.1) is 0 Å². The average molecular weight is 369 g/mol. The molecule has 1 aliphatic heterocycles. The molecule has 0 aliphatic carbocycles. The summed E-state index contributed by atoms with van der Waals surface area (Å²) in [6.07, 6.45) is -0.685. The molecule has 0 unspecified atom stereocenters. The molecular weight excluding hydrogens is 341 g/mol. The Morgan fingerprint density at radius 3 is 2.54 bits per heavy atom. The second-order valence-electron chi connectivity index (χ2n) is 7.16. The fourth-order valence-corrected chi connectivity index (χ4v) is 2.91. The van der Waals surface area contributed by atoms with E-state index in [1.165, 1.54) is 0 Å². The molecule has 0 saturated carbocycles. The topological polar surface area (TPSA) is 66.0 Å². The van der Waals surface area contributed by atoms with Gasteiger partial charge in [-0.1, -0.05) is 12.1 Å². The Hall–Kier alpha value is -1.86. The molecule has 1 heterocycles. The molecule has 146 valence electrons. The zero-order valence-electron chi connectivity index (χ0n) is 15.8. The van der Waals surface area contributed by atoms with Crippen molar-refractivity contribution in [3.8, 4) is 5.75 Å². The van der Waals surface area contributed by atoms with Crippen molar-refractivity contribution in [2.24, 2.45) is 0 Å². The largest absolute Gasteiger partial charge is 0.509 e. The Labute approximate surface area is 154 Å². The van der Waals surface area contributed by atoms with E-state index < -0.39 is 24.7 Å². The highest BCUT2D eigenvalue weighted by Gasteiger charge is 2.39. The third kappa shape index (κ3) is 6.14. The third-order valence-electron chi connectivity index (χ3n) is 3.94. The predicted octanol–water partition coefficient (Wildman–Crippen LogP) is 3.23. The van der Waals surface area contributed by atoms with Crippen LogP contribution in [0.3, 0.4) is 0 Å². The van der Waals surface area contributed by atoms with Gasteiger partial charge in [-0.3, -0.25) is 0 Å². The summed E-state index contributed by atoms with van der Waals surface area (Å²) in [5.74, 6) is 0.489. The van der Waals surface area contributed by atoms with Crippen molar-refractivity contribution in [1.82, 2.24) is 5.32 Å². The summed E-state index contributed by atoms with van der Waals surface area (Å²) < 4.78 is 33.5. The second-order valence-corrected chi connectivity index (χ2v) is 7.16. The maximum Gasteiger partial charge on any atom is 0.509 e. The number of rotatable bonds is 7. The van der Waals surface area contributed by atoms with E-state index >= 15 is 0 Å². The van der Waals surface area contributed by atoms with Crippen molar-refractivity contribution < 1.29 is 28.1 Å². The number of hydrogen-bond donors (Lipinski definition) is 1. The van der Waals surface area contributed by atoms with Gasteiger partial charge in [0, 0.05) is 19.2 Å². The molecular formula is C19H28FNO5. The van der Waals surface area contributed by atoms with Gasteiger partial charge >= 0.3 is 6.16 Å². The second kappa shape index (κ2) is 9.19. The smallest absolute Gasteiger partial charge is 0.463 e. The summed E-state index contributed by atoms with van der Waals surface area (Å²) in [4.78, 5) is 12.0.